The summed E-state index contributed by atoms with van der Waals surface area (Å²) in [6.07, 6.45) is -1.80. The van der Waals surface area contributed by atoms with E-state index in [0.29, 0.717) is 5.56 Å². The van der Waals surface area contributed by atoms with Crippen molar-refractivity contribution in [1.82, 2.24) is 4.90 Å². The molecule has 1 aliphatic heterocycles. The van der Waals surface area contributed by atoms with E-state index in [1.165, 1.54) is 0 Å². The minimum absolute atomic E-state index is 0.100. The number of benzene rings is 2. The highest BCUT2D eigenvalue weighted by atomic mass is 79.9. The number of halogens is 1. The average molecular weight is 446 g/mol. The number of carbonyl (C=O) groups excluding carboxylic acids is 2. The second-order valence-electron chi connectivity index (χ2n) is 7.90. The SMILES string of the molecule is CC(C)(C)c1ccccc1[C@@H](O)[C@@H](Br)C(=O)N1C(=O)OC[C@H]1c1ccccc1. The van der Waals surface area contributed by atoms with Gasteiger partial charge in [-0.1, -0.05) is 91.3 Å². The Morgan fingerprint density at radius 1 is 1.14 bits per heavy atom. The zero-order valence-electron chi connectivity index (χ0n) is 16.1. The van der Waals surface area contributed by atoms with Crippen molar-refractivity contribution in [3.63, 3.8) is 0 Å². The molecule has 6 heteroatoms. The number of aliphatic hydroxyl groups excluding tert-OH is 1. The Labute approximate surface area is 173 Å². The summed E-state index contributed by atoms with van der Waals surface area (Å²) < 4.78 is 5.13. The van der Waals surface area contributed by atoms with Crippen molar-refractivity contribution < 1.29 is 19.4 Å². The molecule has 2 aromatic carbocycles. The van der Waals surface area contributed by atoms with Crippen molar-refractivity contribution in [2.24, 2.45) is 0 Å². The Hall–Kier alpha value is -2.18. The summed E-state index contributed by atoms with van der Waals surface area (Å²) in [4.78, 5) is 25.5. The van der Waals surface area contributed by atoms with Crippen molar-refractivity contribution >= 4 is 27.9 Å². The van der Waals surface area contributed by atoms with E-state index in [0.717, 1.165) is 16.0 Å². The number of alkyl halides is 1. The van der Waals surface area contributed by atoms with E-state index in [1.807, 2.05) is 75.4 Å². The summed E-state index contributed by atoms with van der Waals surface area (Å²) in [5.41, 5.74) is 2.22. The van der Waals surface area contributed by atoms with E-state index in [1.54, 1.807) is 0 Å². The number of cyclic esters (lactones) is 1. The first-order valence-corrected chi connectivity index (χ1v) is 10.1. The molecule has 0 saturated carbocycles. The molecule has 0 bridgehead atoms. The molecule has 0 radical (unpaired) electrons. The molecule has 3 atom stereocenters. The summed E-state index contributed by atoms with van der Waals surface area (Å²) >= 11 is 3.33. The third kappa shape index (κ3) is 3.98. The second-order valence-corrected chi connectivity index (χ2v) is 8.88. The van der Waals surface area contributed by atoms with Crippen LogP contribution < -0.4 is 0 Å². The molecule has 148 valence electrons. The molecule has 1 saturated heterocycles. The van der Waals surface area contributed by atoms with Gasteiger partial charge in [-0.25, -0.2) is 9.69 Å². The third-order valence-electron chi connectivity index (χ3n) is 4.90. The van der Waals surface area contributed by atoms with Crippen LogP contribution in [0.25, 0.3) is 0 Å². The Morgan fingerprint density at radius 3 is 2.39 bits per heavy atom. The standard InChI is InChI=1S/C22H24BrNO4/c1-22(2,3)16-12-8-7-11-15(16)19(25)18(23)20(26)24-17(13-28-21(24)27)14-9-5-4-6-10-14/h4-12,17-19,25H,13H2,1-3H3/t17-,18+,19+/m0/s1. The molecule has 2 aromatic rings. The fourth-order valence-corrected chi connectivity index (χ4v) is 3.95. The number of imide groups is 1. The minimum Gasteiger partial charge on any atom is -0.446 e. The Kier molecular flexibility index (Phi) is 5.91. The molecule has 5 nitrogen and oxygen atoms in total. The van der Waals surface area contributed by atoms with Crippen molar-refractivity contribution in [1.29, 1.82) is 0 Å². The molecule has 0 aliphatic carbocycles. The molecular weight excluding hydrogens is 422 g/mol. The smallest absolute Gasteiger partial charge is 0.417 e. The lowest BCUT2D eigenvalue weighted by Gasteiger charge is -2.29. The van der Waals surface area contributed by atoms with Crippen LogP contribution in [0.3, 0.4) is 0 Å². The first kappa shape index (κ1) is 20.6. The van der Waals surface area contributed by atoms with Gasteiger partial charge in [-0.2, -0.15) is 0 Å². The van der Waals surface area contributed by atoms with E-state index in [4.69, 9.17) is 4.74 Å². The van der Waals surface area contributed by atoms with Crippen LogP contribution >= 0.6 is 15.9 Å². The topological polar surface area (TPSA) is 66.8 Å². The maximum Gasteiger partial charge on any atom is 0.417 e. The highest BCUT2D eigenvalue weighted by Crippen LogP contribution is 2.36. The Bertz CT molecular complexity index is 862. The monoisotopic (exact) mass is 445 g/mol. The molecule has 0 unspecified atom stereocenters. The molecule has 0 aromatic heterocycles. The molecule has 1 N–H and O–H groups in total. The van der Waals surface area contributed by atoms with Crippen LogP contribution in [0.1, 0.15) is 49.6 Å². The number of amides is 2. The van der Waals surface area contributed by atoms with Crippen molar-refractivity contribution in [2.45, 2.75) is 43.2 Å². The molecular formula is C22H24BrNO4. The number of hydrogen-bond acceptors (Lipinski definition) is 4. The molecule has 3 rings (SSSR count). The van der Waals surface area contributed by atoms with E-state index >= 15 is 0 Å². The molecule has 1 heterocycles. The molecule has 0 spiro atoms. The van der Waals surface area contributed by atoms with Crippen molar-refractivity contribution in [2.75, 3.05) is 6.61 Å². The number of rotatable bonds is 4. The maximum absolute atomic E-state index is 13.1. The van der Waals surface area contributed by atoms with Crippen LogP contribution in [-0.2, 0) is 14.9 Å². The molecule has 1 fully saturated rings. The summed E-state index contributed by atoms with van der Waals surface area (Å²) in [7, 11) is 0. The van der Waals surface area contributed by atoms with Crippen molar-refractivity contribution in [3.05, 3.63) is 71.3 Å². The van der Waals surface area contributed by atoms with Gasteiger partial charge in [0.25, 0.3) is 0 Å². The summed E-state index contributed by atoms with van der Waals surface area (Å²) in [5, 5.41) is 11.0. The number of carbonyl (C=O) groups is 2. The lowest BCUT2D eigenvalue weighted by Crippen LogP contribution is -2.41. The number of hydrogen-bond donors (Lipinski definition) is 1. The van der Waals surface area contributed by atoms with Crippen LogP contribution in [0.4, 0.5) is 4.79 Å². The van der Waals surface area contributed by atoms with Gasteiger partial charge >= 0.3 is 6.09 Å². The second kappa shape index (κ2) is 8.05. The van der Waals surface area contributed by atoms with Gasteiger partial charge < -0.3 is 9.84 Å². The molecule has 1 aliphatic rings. The van der Waals surface area contributed by atoms with Crippen LogP contribution in [0.5, 0.6) is 0 Å². The van der Waals surface area contributed by atoms with Gasteiger partial charge in [0.15, 0.2) is 0 Å². The average Bonchev–Trinajstić information content (AvgIpc) is 3.07. The summed E-state index contributed by atoms with van der Waals surface area (Å²) in [6.45, 7) is 6.25. The van der Waals surface area contributed by atoms with E-state index in [-0.39, 0.29) is 12.0 Å². The lowest BCUT2D eigenvalue weighted by molar-refractivity contribution is -0.130. The van der Waals surface area contributed by atoms with Crippen LogP contribution in [0, 0.1) is 0 Å². The maximum atomic E-state index is 13.1. The normalized spacial score (nSPS) is 19.2. The lowest BCUT2D eigenvalue weighted by atomic mass is 9.82. The quantitative estimate of drug-likeness (QED) is 0.703. The Morgan fingerprint density at radius 2 is 1.75 bits per heavy atom. The van der Waals surface area contributed by atoms with Gasteiger partial charge in [0.2, 0.25) is 5.91 Å². The highest BCUT2D eigenvalue weighted by Gasteiger charge is 2.43. The summed E-state index contributed by atoms with van der Waals surface area (Å²) in [5.74, 6) is -0.521. The van der Waals surface area contributed by atoms with Gasteiger partial charge in [-0.15, -0.1) is 0 Å². The van der Waals surface area contributed by atoms with Gasteiger partial charge in [0, 0.05) is 0 Å². The third-order valence-corrected chi connectivity index (χ3v) is 5.79. The van der Waals surface area contributed by atoms with Gasteiger partial charge in [0.1, 0.15) is 23.6 Å². The predicted octanol–water partition coefficient (Wildman–Crippen LogP) is 4.50. The largest absolute Gasteiger partial charge is 0.446 e. The van der Waals surface area contributed by atoms with Crippen LogP contribution in [-0.4, -0.2) is 33.4 Å². The molecule has 2 amide bonds. The fourth-order valence-electron chi connectivity index (χ4n) is 3.45. The van der Waals surface area contributed by atoms with E-state index < -0.39 is 29.0 Å². The number of aliphatic hydroxyl groups is 1. The highest BCUT2D eigenvalue weighted by molar-refractivity contribution is 9.10. The predicted molar refractivity (Wildman–Crippen MR) is 110 cm³/mol. The molecule has 28 heavy (non-hydrogen) atoms. The first-order valence-electron chi connectivity index (χ1n) is 9.18. The zero-order chi connectivity index (χ0) is 20.5. The van der Waals surface area contributed by atoms with Gasteiger partial charge in [-0.05, 0) is 22.1 Å². The summed E-state index contributed by atoms with van der Waals surface area (Å²) in [6, 6.07) is 16.2. The van der Waals surface area contributed by atoms with Crippen LogP contribution in [0.2, 0.25) is 0 Å². The minimum atomic E-state index is -1.10. The van der Waals surface area contributed by atoms with Crippen LogP contribution in [0.15, 0.2) is 54.6 Å². The van der Waals surface area contributed by atoms with Gasteiger partial charge in [0.05, 0.1) is 0 Å². The van der Waals surface area contributed by atoms with Crippen molar-refractivity contribution in [3.8, 4) is 0 Å². The number of nitrogens with zero attached hydrogens (tertiary/aromatic N) is 1. The zero-order valence-corrected chi connectivity index (χ0v) is 17.7. The van der Waals surface area contributed by atoms with Gasteiger partial charge in [-0.3, -0.25) is 4.79 Å². The van der Waals surface area contributed by atoms with E-state index in [2.05, 4.69) is 15.9 Å². The fraction of sp³-hybridized carbons (Fsp3) is 0.364. The number of ether oxygens (including phenoxy) is 1. The Balaban J connectivity index is 1.89. The van der Waals surface area contributed by atoms with E-state index in [9.17, 15) is 14.7 Å². The first-order chi connectivity index (χ1) is 13.2.